The molecule has 19 heavy (non-hydrogen) atoms. The molecule has 0 aliphatic carbocycles. The van der Waals surface area contributed by atoms with Crippen LogP contribution in [0.25, 0.3) is 0 Å². The summed E-state index contributed by atoms with van der Waals surface area (Å²) in [6.45, 7) is 0. The van der Waals surface area contributed by atoms with Gasteiger partial charge in [-0.25, -0.2) is 0 Å². The highest BCUT2D eigenvalue weighted by molar-refractivity contribution is 6.35. The lowest BCUT2D eigenvalue weighted by Crippen LogP contribution is -1.96. The van der Waals surface area contributed by atoms with Crippen LogP contribution in [0, 0.1) is 11.3 Å². The smallest absolute Gasteiger partial charge is 0.0670 e. The Hall–Kier alpha value is -1.89. The molecule has 0 saturated carbocycles. The number of halogens is 2. The van der Waals surface area contributed by atoms with Crippen molar-refractivity contribution < 1.29 is 0 Å². The van der Waals surface area contributed by atoms with Crippen molar-refractivity contribution in [2.75, 3.05) is 11.1 Å². The molecule has 3 nitrogen and oxygen atoms in total. The molecule has 0 bridgehead atoms. The van der Waals surface area contributed by atoms with Crippen molar-refractivity contribution in [3.8, 4) is 6.07 Å². The number of nitrogen functional groups attached to an aromatic ring is 1. The summed E-state index contributed by atoms with van der Waals surface area (Å²) < 4.78 is 0. The molecule has 0 fully saturated rings. The number of hydrogen-bond acceptors (Lipinski definition) is 3. The molecule has 0 aromatic heterocycles. The second kappa shape index (κ2) is 5.83. The number of nitriles is 1. The van der Waals surface area contributed by atoms with E-state index in [2.05, 4.69) is 11.4 Å². The fourth-order valence-electron chi connectivity index (χ4n) is 1.71. The molecule has 0 radical (unpaired) electrons. The van der Waals surface area contributed by atoms with E-state index < -0.39 is 0 Å². The number of hydrogen-bond donors (Lipinski definition) is 2. The van der Waals surface area contributed by atoms with Gasteiger partial charge < -0.3 is 11.1 Å². The van der Waals surface area contributed by atoms with E-state index in [1.165, 1.54) is 0 Å². The first-order chi connectivity index (χ1) is 9.08. The lowest BCUT2D eigenvalue weighted by atomic mass is 10.1. The molecule has 0 amide bonds. The van der Waals surface area contributed by atoms with Crippen LogP contribution < -0.4 is 11.1 Å². The van der Waals surface area contributed by atoms with Crippen LogP contribution in [0.1, 0.15) is 5.56 Å². The summed E-state index contributed by atoms with van der Waals surface area (Å²) in [7, 11) is 0. The van der Waals surface area contributed by atoms with Crippen molar-refractivity contribution in [2.45, 2.75) is 6.42 Å². The molecular weight excluding hydrogens is 281 g/mol. The van der Waals surface area contributed by atoms with Gasteiger partial charge in [0.15, 0.2) is 0 Å². The van der Waals surface area contributed by atoms with E-state index in [4.69, 9.17) is 34.2 Å². The molecular formula is C14H11Cl2N3. The minimum atomic E-state index is 0.275. The molecule has 0 spiro atoms. The first-order valence-electron chi connectivity index (χ1n) is 5.57. The van der Waals surface area contributed by atoms with Gasteiger partial charge in [-0.2, -0.15) is 5.26 Å². The number of benzene rings is 2. The third kappa shape index (κ3) is 3.54. The van der Waals surface area contributed by atoms with Crippen molar-refractivity contribution in [1.82, 2.24) is 0 Å². The van der Waals surface area contributed by atoms with Gasteiger partial charge in [0.25, 0.3) is 0 Å². The normalized spacial score (nSPS) is 9.95. The lowest BCUT2D eigenvalue weighted by molar-refractivity contribution is 1.27. The zero-order valence-electron chi connectivity index (χ0n) is 9.95. The van der Waals surface area contributed by atoms with Crippen LogP contribution in [-0.2, 0) is 6.42 Å². The zero-order chi connectivity index (χ0) is 13.8. The summed E-state index contributed by atoms with van der Waals surface area (Å²) in [5.74, 6) is 0. The van der Waals surface area contributed by atoms with Gasteiger partial charge in [-0.1, -0.05) is 23.2 Å². The lowest BCUT2D eigenvalue weighted by Gasteiger charge is -2.10. The van der Waals surface area contributed by atoms with Crippen LogP contribution in [0.2, 0.25) is 10.0 Å². The number of nitrogens with two attached hydrogens (primary N) is 1. The van der Waals surface area contributed by atoms with Crippen LogP contribution in [0.4, 0.5) is 17.1 Å². The molecule has 5 heteroatoms. The highest BCUT2D eigenvalue weighted by Gasteiger charge is 2.03. The highest BCUT2D eigenvalue weighted by Crippen LogP contribution is 2.26. The fourth-order valence-corrected chi connectivity index (χ4v) is 2.24. The summed E-state index contributed by atoms with van der Waals surface area (Å²) in [5.41, 5.74) is 8.81. The monoisotopic (exact) mass is 291 g/mol. The van der Waals surface area contributed by atoms with Crippen LogP contribution in [0.3, 0.4) is 0 Å². The largest absolute Gasteiger partial charge is 0.398 e. The predicted octanol–water partition coefficient (Wildman–Crippen LogP) is 4.39. The fraction of sp³-hybridized carbons (Fsp3) is 0.0714. The quantitative estimate of drug-likeness (QED) is 0.825. The molecule has 0 atom stereocenters. The van der Waals surface area contributed by atoms with Gasteiger partial charge in [-0.15, -0.1) is 0 Å². The second-order valence-electron chi connectivity index (χ2n) is 4.03. The topological polar surface area (TPSA) is 61.8 Å². The molecule has 3 N–H and O–H groups in total. The van der Waals surface area contributed by atoms with Crippen molar-refractivity contribution in [3.63, 3.8) is 0 Å². The Morgan fingerprint density at radius 3 is 2.37 bits per heavy atom. The second-order valence-corrected chi connectivity index (χ2v) is 4.90. The Balaban J connectivity index is 2.28. The molecule has 2 rings (SSSR count). The Kier molecular flexibility index (Phi) is 4.16. The van der Waals surface area contributed by atoms with E-state index in [1.807, 2.05) is 12.1 Å². The van der Waals surface area contributed by atoms with Gasteiger partial charge in [0.05, 0.1) is 12.5 Å². The predicted molar refractivity (Wildman–Crippen MR) is 79.9 cm³/mol. The van der Waals surface area contributed by atoms with Crippen molar-refractivity contribution in [2.24, 2.45) is 0 Å². The van der Waals surface area contributed by atoms with E-state index in [0.717, 1.165) is 16.9 Å². The van der Waals surface area contributed by atoms with Gasteiger partial charge >= 0.3 is 0 Å². The van der Waals surface area contributed by atoms with Gasteiger partial charge in [0.1, 0.15) is 0 Å². The molecule has 2 aromatic rings. The van der Waals surface area contributed by atoms with Crippen LogP contribution in [0.5, 0.6) is 0 Å². The van der Waals surface area contributed by atoms with Crippen molar-refractivity contribution in [1.29, 1.82) is 5.26 Å². The van der Waals surface area contributed by atoms with Gasteiger partial charge in [-0.05, 0) is 42.0 Å². The molecule has 0 heterocycles. The zero-order valence-corrected chi connectivity index (χ0v) is 11.5. The van der Waals surface area contributed by atoms with Crippen LogP contribution in [0.15, 0.2) is 36.4 Å². The van der Waals surface area contributed by atoms with Crippen molar-refractivity contribution >= 4 is 40.3 Å². The first-order valence-corrected chi connectivity index (χ1v) is 6.32. The van der Waals surface area contributed by atoms with Crippen molar-refractivity contribution in [3.05, 3.63) is 52.0 Å². The minimum Gasteiger partial charge on any atom is -0.398 e. The Labute approximate surface area is 121 Å². The van der Waals surface area contributed by atoms with Crippen LogP contribution >= 0.6 is 23.2 Å². The number of anilines is 3. The minimum absolute atomic E-state index is 0.275. The molecule has 96 valence electrons. The highest BCUT2D eigenvalue weighted by atomic mass is 35.5. The summed E-state index contributed by atoms with van der Waals surface area (Å²) in [6.07, 6.45) is 0.275. The molecule has 0 saturated heterocycles. The number of nitrogens with one attached hydrogen (secondary N) is 1. The summed E-state index contributed by atoms with van der Waals surface area (Å²) in [6, 6.07) is 12.7. The SMILES string of the molecule is N#CCc1cc(Nc2cc(Cl)cc(Cl)c2)ccc1N. The maximum Gasteiger partial charge on any atom is 0.0670 e. The van der Waals surface area contributed by atoms with E-state index >= 15 is 0 Å². The third-order valence-corrected chi connectivity index (χ3v) is 3.00. The van der Waals surface area contributed by atoms with Gasteiger partial charge in [0.2, 0.25) is 0 Å². The number of nitrogens with zero attached hydrogens (tertiary/aromatic N) is 1. The summed E-state index contributed by atoms with van der Waals surface area (Å²) in [4.78, 5) is 0. The van der Waals surface area contributed by atoms with E-state index in [-0.39, 0.29) is 6.42 Å². The first kappa shape index (κ1) is 13.5. The van der Waals surface area contributed by atoms with E-state index in [9.17, 15) is 0 Å². The summed E-state index contributed by atoms with van der Waals surface area (Å²) >= 11 is 11.9. The molecule has 0 unspecified atom stereocenters. The molecule has 0 aliphatic heterocycles. The molecule has 0 aliphatic rings. The maximum absolute atomic E-state index is 8.74. The average molecular weight is 292 g/mol. The Morgan fingerprint density at radius 1 is 1.05 bits per heavy atom. The standard InChI is InChI=1S/C14H11Cl2N3/c15-10-6-11(16)8-13(7-10)19-12-1-2-14(18)9(5-12)3-4-17/h1-2,5-8,19H,3,18H2. The Morgan fingerprint density at radius 2 is 1.74 bits per heavy atom. The average Bonchev–Trinajstić information content (AvgIpc) is 2.32. The van der Waals surface area contributed by atoms with E-state index in [0.29, 0.717) is 15.7 Å². The maximum atomic E-state index is 8.74. The third-order valence-electron chi connectivity index (χ3n) is 2.56. The van der Waals surface area contributed by atoms with E-state index in [1.54, 1.807) is 24.3 Å². The van der Waals surface area contributed by atoms with Crippen LogP contribution in [-0.4, -0.2) is 0 Å². The van der Waals surface area contributed by atoms with Gasteiger partial charge in [-0.3, -0.25) is 0 Å². The number of rotatable bonds is 3. The molecule has 2 aromatic carbocycles. The Bertz CT molecular complexity index is 627. The van der Waals surface area contributed by atoms with Gasteiger partial charge in [0, 0.05) is 27.1 Å². The summed E-state index contributed by atoms with van der Waals surface area (Å²) in [5, 5.41) is 13.0.